The van der Waals surface area contributed by atoms with Crippen molar-refractivity contribution in [1.29, 1.82) is 0 Å². The Labute approximate surface area is 123 Å². The van der Waals surface area contributed by atoms with Crippen molar-refractivity contribution in [3.8, 4) is 0 Å². The van der Waals surface area contributed by atoms with Crippen LogP contribution in [0.25, 0.3) is 11.0 Å². The maximum absolute atomic E-state index is 13.2. The van der Waals surface area contributed by atoms with Crippen LogP contribution < -0.4 is 5.56 Å². The molecule has 0 unspecified atom stereocenters. The Morgan fingerprint density at radius 3 is 2.81 bits per heavy atom. The first-order valence-electron chi connectivity index (χ1n) is 6.25. The van der Waals surface area contributed by atoms with Gasteiger partial charge in [-0.15, -0.1) is 0 Å². The van der Waals surface area contributed by atoms with E-state index in [2.05, 4.69) is 10.3 Å². The molecule has 0 aliphatic heterocycles. The van der Waals surface area contributed by atoms with Crippen molar-refractivity contribution >= 4 is 22.6 Å². The summed E-state index contributed by atoms with van der Waals surface area (Å²) in [4.78, 5) is 12.4. The molecule has 21 heavy (non-hydrogen) atoms. The van der Waals surface area contributed by atoms with Crippen LogP contribution in [0.1, 0.15) is 17.0 Å². The molecule has 2 aromatic heterocycles. The Morgan fingerprint density at radius 1 is 1.33 bits per heavy atom. The summed E-state index contributed by atoms with van der Waals surface area (Å²) in [5, 5.41) is 8.41. The van der Waals surface area contributed by atoms with Crippen LogP contribution >= 0.6 is 11.6 Å². The third kappa shape index (κ3) is 2.31. The second kappa shape index (κ2) is 4.96. The van der Waals surface area contributed by atoms with Gasteiger partial charge in [-0.25, -0.2) is 9.07 Å². The number of aromatic nitrogens is 3. The van der Waals surface area contributed by atoms with Gasteiger partial charge < -0.3 is 4.52 Å². The number of benzene rings is 1. The highest BCUT2D eigenvalue weighted by molar-refractivity contribution is 6.30. The number of hydrogen-bond acceptors (Lipinski definition) is 4. The minimum absolute atomic E-state index is 0.0134. The maximum Gasteiger partial charge on any atom is 0.280 e. The summed E-state index contributed by atoms with van der Waals surface area (Å²) in [6, 6.07) is 4.30. The van der Waals surface area contributed by atoms with Crippen LogP contribution in [-0.4, -0.2) is 14.9 Å². The van der Waals surface area contributed by atoms with E-state index in [-0.39, 0.29) is 17.1 Å². The first-order valence-corrected chi connectivity index (χ1v) is 6.63. The zero-order valence-corrected chi connectivity index (χ0v) is 12.1. The van der Waals surface area contributed by atoms with E-state index in [1.54, 1.807) is 19.9 Å². The van der Waals surface area contributed by atoms with Gasteiger partial charge in [-0.2, -0.15) is 5.10 Å². The third-order valence-corrected chi connectivity index (χ3v) is 3.52. The Balaban J connectivity index is 2.12. The van der Waals surface area contributed by atoms with Crippen LogP contribution in [0.3, 0.4) is 0 Å². The minimum atomic E-state index is -0.498. The maximum atomic E-state index is 13.2. The van der Waals surface area contributed by atoms with Crippen molar-refractivity contribution in [3.63, 3.8) is 0 Å². The van der Waals surface area contributed by atoms with Gasteiger partial charge in [0.2, 0.25) is 0 Å². The normalized spacial score (nSPS) is 11.2. The predicted molar refractivity (Wildman–Crippen MR) is 76.1 cm³/mol. The van der Waals surface area contributed by atoms with Gasteiger partial charge in [-0.05, 0) is 31.5 Å². The van der Waals surface area contributed by atoms with Crippen LogP contribution in [0.2, 0.25) is 5.02 Å². The number of fused-ring (bicyclic) bond motifs is 1. The highest BCUT2D eigenvalue weighted by atomic mass is 35.5. The molecule has 0 amide bonds. The van der Waals surface area contributed by atoms with Crippen LogP contribution in [0.5, 0.6) is 0 Å². The summed E-state index contributed by atoms with van der Waals surface area (Å²) in [6.07, 6.45) is 0. The molecular weight excluding hydrogens is 297 g/mol. The van der Waals surface area contributed by atoms with E-state index in [1.165, 1.54) is 16.8 Å². The quantitative estimate of drug-likeness (QED) is 0.730. The van der Waals surface area contributed by atoms with Crippen LogP contribution in [0.4, 0.5) is 4.39 Å². The van der Waals surface area contributed by atoms with E-state index < -0.39 is 5.82 Å². The number of rotatable bonds is 2. The van der Waals surface area contributed by atoms with Gasteiger partial charge in [0.05, 0.1) is 17.3 Å². The van der Waals surface area contributed by atoms with Crippen LogP contribution in [0, 0.1) is 19.7 Å². The molecule has 0 aliphatic carbocycles. The topological polar surface area (TPSA) is 60.9 Å². The fourth-order valence-corrected chi connectivity index (χ4v) is 2.39. The molecule has 0 radical (unpaired) electrons. The van der Waals surface area contributed by atoms with Crippen molar-refractivity contribution in [2.24, 2.45) is 0 Å². The molecule has 2 heterocycles. The molecule has 3 aromatic rings. The largest absolute Gasteiger partial charge is 0.354 e. The van der Waals surface area contributed by atoms with E-state index in [0.29, 0.717) is 27.9 Å². The molecule has 0 N–H and O–H groups in total. The summed E-state index contributed by atoms with van der Waals surface area (Å²) in [7, 11) is 0. The van der Waals surface area contributed by atoms with Crippen molar-refractivity contribution < 1.29 is 8.91 Å². The van der Waals surface area contributed by atoms with E-state index >= 15 is 0 Å². The molecule has 0 fully saturated rings. The summed E-state index contributed by atoms with van der Waals surface area (Å²) >= 11 is 5.75. The smallest absolute Gasteiger partial charge is 0.280 e. The highest BCUT2D eigenvalue weighted by Crippen LogP contribution is 2.18. The van der Waals surface area contributed by atoms with Gasteiger partial charge in [0, 0.05) is 0 Å². The lowest BCUT2D eigenvalue weighted by molar-refractivity contribution is 0.446. The second-order valence-electron chi connectivity index (χ2n) is 4.77. The summed E-state index contributed by atoms with van der Waals surface area (Å²) in [6.45, 7) is 3.63. The Kier molecular flexibility index (Phi) is 3.25. The van der Waals surface area contributed by atoms with E-state index in [4.69, 9.17) is 16.1 Å². The lowest BCUT2D eigenvalue weighted by Gasteiger charge is -2.07. The van der Waals surface area contributed by atoms with Crippen LogP contribution in [0.15, 0.2) is 27.5 Å². The summed E-state index contributed by atoms with van der Waals surface area (Å²) in [5.74, 6) is -0.498. The molecule has 0 bridgehead atoms. The monoisotopic (exact) mass is 307 g/mol. The molecule has 108 valence electrons. The van der Waals surface area contributed by atoms with Gasteiger partial charge in [-0.3, -0.25) is 4.79 Å². The highest BCUT2D eigenvalue weighted by Gasteiger charge is 2.15. The van der Waals surface area contributed by atoms with Crippen molar-refractivity contribution in [2.45, 2.75) is 20.4 Å². The van der Waals surface area contributed by atoms with Gasteiger partial charge in [0.25, 0.3) is 5.56 Å². The molecule has 0 aliphatic rings. The Hall–Kier alpha value is -2.21. The average Bonchev–Trinajstić information content (AvgIpc) is 2.83. The minimum Gasteiger partial charge on any atom is -0.354 e. The summed E-state index contributed by atoms with van der Waals surface area (Å²) < 4.78 is 19.6. The number of aryl methyl sites for hydroxylation is 2. The zero-order valence-electron chi connectivity index (χ0n) is 11.4. The lowest BCUT2D eigenvalue weighted by Crippen LogP contribution is -2.24. The Morgan fingerprint density at radius 2 is 2.10 bits per heavy atom. The number of nitrogens with zero attached hydrogens (tertiary/aromatic N) is 3. The third-order valence-electron chi connectivity index (χ3n) is 3.23. The number of hydrogen-bond donors (Lipinski definition) is 0. The fourth-order valence-electron chi connectivity index (χ4n) is 2.19. The first-order chi connectivity index (χ1) is 9.97. The SMILES string of the molecule is Cc1nn(Cc2ccc(F)c(Cl)c2)c(=O)c2c(C)noc12. The van der Waals surface area contributed by atoms with Crippen molar-refractivity contribution in [1.82, 2.24) is 14.9 Å². The van der Waals surface area contributed by atoms with Gasteiger partial charge >= 0.3 is 0 Å². The molecule has 3 rings (SSSR count). The van der Waals surface area contributed by atoms with Crippen molar-refractivity contribution in [3.05, 3.63) is 56.3 Å². The van der Waals surface area contributed by atoms with Gasteiger partial charge in [0.1, 0.15) is 16.9 Å². The second-order valence-corrected chi connectivity index (χ2v) is 5.18. The fraction of sp³-hybridized carbons (Fsp3) is 0.214. The van der Waals surface area contributed by atoms with E-state index in [9.17, 15) is 9.18 Å². The molecule has 1 aromatic carbocycles. The average molecular weight is 308 g/mol. The van der Waals surface area contributed by atoms with Gasteiger partial charge in [0.15, 0.2) is 5.58 Å². The molecule has 0 atom stereocenters. The van der Waals surface area contributed by atoms with E-state index in [0.717, 1.165) is 0 Å². The van der Waals surface area contributed by atoms with E-state index in [1.807, 2.05) is 0 Å². The number of halogens is 2. The lowest BCUT2D eigenvalue weighted by atomic mass is 10.2. The Bertz CT molecular complexity index is 901. The standard InChI is InChI=1S/C14H11ClFN3O2/c1-7-12-13(21-18-7)8(2)17-19(14(12)20)6-9-3-4-11(16)10(15)5-9/h3-5H,6H2,1-2H3. The van der Waals surface area contributed by atoms with Gasteiger partial charge in [-0.1, -0.05) is 22.8 Å². The molecule has 0 saturated heterocycles. The molecule has 5 nitrogen and oxygen atoms in total. The molecule has 0 saturated carbocycles. The zero-order chi connectivity index (χ0) is 15.1. The molecule has 7 heteroatoms. The predicted octanol–water partition coefficient (Wildman–Crippen LogP) is 2.84. The molecule has 0 spiro atoms. The van der Waals surface area contributed by atoms with Crippen molar-refractivity contribution in [2.75, 3.05) is 0 Å². The molecular formula is C14H11ClFN3O2. The summed E-state index contributed by atoms with van der Waals surface area (Å²) in [5.41, 5.74) is 1.87. The van der Waals surface area contributed by atoms with Crippen LogP contribution in [-0.2, 0) is 6.54 Å². The first kappa shape index (κ1) is 13.8.